The van der Waals surface area contributed by atoms with Crippen LogP contribution in [0.3, 0.4) is 0 Å². The van der Waals surface area contributed by atoms with Gasteiger partial charge in [-0.05, 0) is 25.9 Å². The van der Waals surface area contributed by atoms with Gasteiger partial charge >= 0.3 is 0 Å². The number of nitrogens with zero attached hydrogens (tertiary/aromatic N) is 2. The third kappa shape index (κ3) is 3.07. The third-order valence-corrected chi connectivity index (χ3v) is 5.26. The Labute approximate surface area is 141 Å². The molecule has 1 atom stereocenters. The van der Waals surface area contributed by atoms with Gasteiger partial charge in [-0.25, -0.2) is 4.98 Å². The number of halogens is 1. The maximum absolute atomic E-state index is 6.25. The van der Waals surface area contributed by atoms with E-state index in [9.17, 15) is 0 Å². The van der Waals surface area contributed by atoms with Crippen LogP contribution in [0.4, 0.5) is 0 Å². The van der Waals surface area contributed by atoms with E-state index in [1.54, 1.807) is 0 Å². The number of aromatic nitrogens is 1. The van der Waals surface area contributed by atoms with Crippen molar-refractivity contribution in [3.63, 3.8) is 0 Å². The summed E-state index contributed by atoms with van der Waals surface area (Å²) in [7, 11) is 0. The van der Waals surface area contributed by atoms with Crippen molar-refractivity contribution < 1.29 is 14.2 Å². The van der Waals surface area contributed by atoms with Crippen LogP contribution < -0.4 is 4.74 Å². The smallest absolute Gasteiger partial charge is 0.136 e. The fourth-order valence-corrected chi connectivity index (χ4v) is 4.00. The number of pyridine rings is 1. The summed E-state index contributed by atoms with van der Waals surface area (Å²) >= 11 is 6.25. The molecule has 126 valence electrons. The lowest BCUT2D eigenvalue weighted by Crippen LogP contribution is -2.37. The van der Waals surface area contributed by atoms with Crippen LogP contribution in [-0.2, 0) is 21.5 Å². The molecule has 0 radical (unpaired) electrons. The number of fused-ring (bicyclic) bond motifs is 2. The van der Waals surface area contributed by atoms with Crippen molar-refractivity contribution in [2.24, 2.45) is 0 Å². The van der Waals surface area contributed by atoms with E-state index < -0.39 is 5.60 Å². The largest absolute Gasteiger partial charge is 0.492 e. The molecule has 0 aromatic carbocycles. The normalized spacial score (nSPS) is 27.5. The molecule has 2 fully saturated rings. The zero-order chi connectivity index (χ0) is 15.7. The molecule has 0 bridgehead atoms. The van der Waals surface area contributed by atoms with E-state index in [-0.39, 0.29) is 0 Å². The second kappa shape index (κ2) is 6.55. The maximum atomic E-state index is 6.25. The fourth-order valence-electron chi connectivity index (χ4n) is 3.82. The average molecular weight is 339 g/mol. The molecule has 2 saturated heterocycles. The lowest BCUT2D eigenvalue weighted by atomic mass is 9.90. The molecule has 5 nitrogen and oxygen atoms in total. The molecule has 3 aliphatic rings. The minimum absolute atomic E-state index is 0.425. The summed E-state index contributed by atoms with van der Waals surface area (Å²) in [6.45, 7) is 5.98. The van der Waals surface area contributed by atoms with Gasteiger partial charge in [0, 0.05) is 37.6 Å². The van der Waals surface area contributed by atoms with Gasteiger partial charge in [0.15, 0.2) is 0 Å². The molecular weight excluding hydrogens is 316 g/mol. The SMILES string of the molecule is Clc1cc(OCCN2CCCC2)c2c(n1)C1(CCOC1)OCC2. The van der Waals surface area contributed by atoms with Crippen molar-refractivity contribution >= 4 is 11.6 Å². The van der Waals surface area contributed by atoms with Crippen molar-refractivity contribution in [2.75, 3.05) is 46.1 Å². The molecule has 1 aromatic rings. The van der Waals surface area contributed by atoms with Gasteiger partial charge in [-0.1, -0.05) is 11.6 Å². The molecule has 1 spiro atoms. The number of hydrogen-bond acceptors (Lipinski definition) is 5. The molecule has 0 amide bonds. The topological polar surface area (TPSA) is 43.8 Å². The van der Waals surface area contributed by atoms with E-state index >= 15 is 0 Å². The van der Waals surface area contributed by atoms with Crippen LogP contribution in [0.1, 0.15) is 30.5 Å². The van der Waals surface area contributed by atoms with Crippen molar-refractivity contribution in [3.05, 3.63) is 22.5 Å². The number of hydrogen-bond donors (Lipinski definition) is 0. The second-order valence-electron chi connectivity index (χ2n) is 6.56. The first-order valence-corrected chi connectivity index (χ1v) is 8.91. The van der Waals surface area contributed by atoms with Gasteiger partial charge in [0.25, 0.3) is 0 Å². The highest BCUT2D eigenvalue weighted by atomic mass is 35.5. The molecule has 23 heavy (non-hydrogen) atoms. The van der Waals surface area contributed by atoms with Gasteiger partial charge < -0.3 is 14.2 Å². The van der Waals surface area contributed by atoms with Crippen LogP contribution in [0.5, 0.6) is 5.75 Å². The molecule has 0 aliphatic carbocycles. The minimum Gasteiger partial charge on any atom is -0.492 e. The quantitative estimate of drug-likeness (QED) is 0.789. The van der Waals surface area contributed by atoms with E-state index in [0.717, 1.165) is 36.4 Å². The summed E-state index contributed by atoms with van der Waals surface area (Å²) < 4.78 is 17.7. The predicted molar refractivity (Wildman–Crippen MR) is 87.2 cm³/mol. The summed E-state index contributed by atoms with van der Waals surface area (Å²) in [6, 6.07) is 1.85. The summed E-state index contributed by atoms with van der Waals surface area (Å²) in [5.74, 6) is 0.869. The van der Waals surface area contributed by atoms with Crippen LogP contribution in [-0.4, -0.2) is 55.9 Å². The predicted octanol–water partition coefficient (Wildman–Crippen LogP) is 2.40. The molecule has 4 rings (SSSR count). The lowest BCUT2D eigenvalue weighted by molar-refractivity contribution is -0.0670. The fraction of sp³-hybridized carbons (Fsp3) is 0.706. The summed E-state index contributed by atoms with van der Waals surface area (Å²) in [4.78, 5) is 7.01. The molecule has 1 aromatic heterocycles. The van der Waals surface area contributed by atoms with Crippen LogP contribution >= 0.6 is 11.6 Å². The molecule has 3 aliphatic heterocycles. The lowest BCUT2D eigenvalue weighted by Gasteiger charge is -2.34. The van der Waals surface area contributed by atoms with Gasteiger partial charge in [-0.15, -0.1) is 0 Å². The van der Waals surface area contributed by atoms with Crippen molar-refractivity contribution in [1.29, 1.82) is 0 Å². The molecular formula is C17H23ClN2O3. The van der Waals surface area contributed by atoms with Crippen LogP contribution in [0, 0.1) is 0 Å². The Balaban J connectivity index is 1.54. The standard InChI is InChI=1S/C17H23ClN2O3/c18-15-11-14(22-10-7-20-5-1-2-6-20)13-3-8-23-17(16(13)19-15)4-9-21-12-17/h11H,1-10,12H2. The van der Waals surface area contributed by atoms with Crippen LogP contribution in [0.15, 0.2) is 6.07 Å². The molecule has 1 unspecified atom stereocenters. The summed E-state index contributed by atoms with van der Waals surface area (Å²) in [5, 5.41) is 0.469. The molecule has 0 saturated carbocycles. The van der Waals surface area contributed by atoms with Gasteiger partial charge in [0.05, 0.1) is 18.9 Å². The summed E-state index contributed by atoms with van der Waals surface area (Å²) in [6.07, 6.45) is 4.26. The highest BCUT2D eigenvalue weighted by molar-refractivity contribution is 6.29. The average Bonchev–Trinajstić information content (AvgIpc) is 3.21. The van der Waals surface area contributed by atoms with E-state index in [2.05, 4.69) is 9.88 Å². The summed E-state index contributed by atoms with van der Waals surface area (Å²) in [5.41, 5.74) is 1.64. The van der Waals surface area contributed by atoms with Crippen molar-refractivity contribution in [3.8, 4) is 5.75 Å². The van der Waals surface area contributed by atoms with E-state index in [4.69, 9.17) is 25.8 Å². The van der Waals surface area contributed by atoms with Gasteiger partial charge in [-0.3, -0.25) is 4.90 Å². The monoisotopic (exact) mass is 338 g/mol. The van der Waals surface area contributed by atoms with Crippen LogP contribution in [0.25, 0.3) is 0 Å². The number of rotatable bonds is 4. The zero-order valence-corrected chi connectivity index (χ0v) is 14.1. The first kappa shape index (κ1) is 15.6. The van der Waals surface area contributed by atoms with Gasteiger partial charge in [0.1, 0.15) is 23.1 Å². The second-order valence-corrected chi connectivity index (χ2v) is 6.95. The van der Waals surface area contributed by atoms with E-state index in [1.807, 2.05) is 6.07 Å². The first-order chi connectivity index (χ1) is 11.3. The number of likely N-dealkylation sites (tertiary alicyclic amines) is 1. The highest BCUT2D eigenvalue weighted by Gasteiger charge is 2.44. The minimum atomic E-state index is -0.425. The van der Waals surface area contributed by atoms with Crippen LogP contribution in [0.2, 0.25) is 5.15 Å². The first-order valence-electron chi connectivity index (χ1n) is 8.54. The Hall–Kier alpha value is -0.880. The van der Waals surface area contributed by atoms with Crippen molar-refractivity contribution in [2.45, 2.75) is 31.3 Å². The zero-order valence-electron chi connectivity index (χ0n) is 13.4. The maximum Gasteiger partial charge on any atom is 0.136 e. The highest BCUT2D eigenvalue weighted by Crippen LogP contribution is 2.42. The third-order valence-electron chi connectivity index (χ3n) is 5.06. The Morgan fingerprint density at radius 2 is 2.17 bits per heavy atom. The Kier molecular flexibility index (Phi) is 4.46. The van der Waals surface area contributed by atoms with E-state index in [1.165, 1.54) is 25.9 Å². The van der Waals surface area contributed by atoms with E-state index in [0.29, 0.717) is 31.6 Å². The van der Waals surface area contributed by atoms with Gasteiger partial charge in [0.2, 0.25) is 0 Å². The Morgan fingerprint density at radius 1 is 1.30 bits per heavy atom. The Bertz CT molecular complexity index is 569. The Morgan fingerprint density at radius 3 is 2.96 bits per heavy atom. The van der Waals surface area contributed by atoms with Crippen molar-refractivity contribution in [1.82, 2.24) is 9.88 Å². The van der Waals surface area contributed by atoms with Gasteiger partial charge in [-0.2, -0.15) is 0 Å². The molecule has 6 heteroatoms. The molecule has 4 heterocycles. The number of ether oxygens (including phenoxy) is 3. The molecule has 0 N–H and O–H groups in total.